The first kappa shape index (κ1) is 11.4. The Morgan fingerprint density at radius 2 is 1.68 bits per heavy atom. The average Bonchev–Trinajstić information content (AvgIpc) is 2.89. The molecule has 0 unspecified atom stereocenters. The average molecular weight is 251 g/mol. The molecular formula is C14H13N5. The second-order valence-corrected chi connectivity index (χ2v) is 4.21. The monoisotopic (exact) mass is 251 g/mol. The molecule has 0 saturated heterocycles. The molecule has 1 aromatic carbocycles. The summed E-state index contributed by atoms with van der Waals surface area (Å²) in [4.78, 5) is 13.0. The Morgan fingerprint density at radius 1 is 0.947 bits per heavy atom. The van der Waals surface area contributed by atoms with Crippen LogP contribution >= 0.6 is 0 Å². The molecule has 3 aromatic rings. The Balaban J connectivity index is 2.13. The number of imidazole rings is 1. The number of anilines is 1. The molecule has 0 spiro atoms. The maximum atomic E-state index is 5.70. The van der Waals surface area contributed by atoms with Crippen LogP contribution in [-0.4, -0.2) is 19.5 Å². The predicted molar refractivity (Wildman–Crippen MR) is 73.7 cm³/mol. The Kier molecular flexibility index (Phi) is 2.72. The van der Waals surface area contributed by atoms with Crippen molar-refractivity contribution in [1.29, 1.82) is 0 Å². The Bertz CT molecular complexity index is 700. The molecule has 0 aliphatic rings. The van der Waals surface area contributed by atoms with Crippen molar-refractivity contribution in [3.63, 3.8) is 0 Å². The van der Waals surface area contributed by atoms with E-state index in [9.17, 15) is 0 Å². The molecule has 2 N–H and O–H groups in total. The van der Waals surface area contributed by atoms with Crippen LogP contribution in [-0.2, 0) is 0 Å². The van der Waals surface area contributed by atoms with Crippen LogP contribution < -0.4 is 5.73 Å². The van der Waals surface area contributed by atoms with Crippen LogP contribution in [0.4, 0.5) is 5.69 Å². The molecule has 0 saturated carbocycles. The molecule has 94 valence electrons. The number of hydrogen-bond donors (Lipinski definition) is 1. The summed E-state index contributed by atoms with van der Waals surface area (Å²) in [5.41, 5.74) is 8.29. The van der Waals surface area contributed by atoms with E-state index >= 15 is 0 Å². The van der Waals surface area contributed by atoms with Crippen molar-refractivity contribution in [2.24, 2.45) is 0 Å². The third-order valence-corrected chi connectivity index (χ3v) is 2.89. The summed E-state index contributed by atoms with van der Waals surface area (Å²) >= 11 is 0. The highest BCUT2D eigenvalue weighted by Gasteiger charge is 2.10. The molecule has 3 rings (SSSR count). The maximum Gasteiger partial charge on any atom is 0.159 e. The zero-order valence-electron chi connectivity index (χ0n) is 10.5. The van der Waals surface area contributed by atoms with Crippen LogP contribution in [0, 0.1) is 6.92 Å². The summed E-state index contributed by atoms with van der Waals surface area (Å²) in [7, 11) is 0. The lowest BCUT2D eigenvalue weighted by Crippen LogP contribution is -2.02. The lowest BCUT2D eigenvalue weighted by Gasteiger charge is -2.08. The summed E-state index contributed by atoms with van der Waals surface area (Å²) in [6, 6.07) is 7.61. The van der Waals surface area contributed by atoms with Crippen molar-refractivity contribution in [2.75, 3.05) is 5.73 Å². The number of aromatic nitrogens is 4. The molecular weight excluding hydrogens is 238 g/mol. The second kappa shape index (κ2) is 4.53. The molecule has 0 atom stereocenters. The quantitative estimate of drug-likeness (QED) is 0.709. The van der Waals surface area contributed by atoms with Gasteiger partial charge in [0, 0.05) is 36.0 Å². The standard InChI is InChI=1S/C14H13N5/c1-10-13(17-7-6-16-10)19-9-8-18-14(19)11-2-4-12(15)5-3-11/h2-9H,15H2,1H3. The van der Waals surface area contributed by atoms with Gasteiger partial charge < -0.3 is 5.73 Å². The van der Waals surface area contributed by atoms with Crippen LogP contribution in [0.1, 0.15) is 5.69 Å². The third kappa shape index (κ3) is 2.06. The van der Waals surface area contributed by atoms with Gasteiger partial charge in [0.15, 0.2) is 5.82 Å². The summed E-state index contributed by atoms with van der Waals surface area (Å²) in [6.45, 7) is 1.93. The Morgan fingerprint density at radius 3 is 2.42 bits per heavy atom. The molecule has 0 fully saturated rings. The van der Waals surface area contributed by atoms with Gasteiger partial charge in [0.2, 0.25) is 0 Å². The van der Waals surface area contributed by atoms with Crippen LogP contribution in [0.5, 0.6) is 0 Å². The number of nitrogen functional groups attached to an aromatic ring is 1. The topological polar surface area (TPSA) is 69.6 Å². The number of rotatable bonds is 2. The van der Waals surface area contributed by atoms with Gasteiger partial charge in [0.05, 0.1) is 5.69 Å². The molecule has 0 aliphatic heterocycles. The van der Waals surface area contributed by atoms with Gasteiger partial charge in [-0.25, -0.2) is 9.97 Å². The molecule has 0 amide bonds. The van der Waals surface area contributed by atoms with Crippen molar-refractivity contribution in [3.8, 4) is 17.2 Å². The first-order chi connectivity index (χ1) is 9.25. The fourth-order valence-electron chi connectivity index (χ4n) is 1.96. The zero-order chi connectivity index (χ0) is 13.2. The molecule has 5 nitrogen and oxygen atoms in total. The molecule has 19 heavy (non-hydrogen) atoms. The van der Waals surface area contributed by atoms with Gasteiger partial charge in [-0.05, 0) is 31.2 Å². The van der Waals surface area contributed by atoms with Crippen LogP contribution in [0.2, 0.25) is 0 Å². The van der Waals surface area contributed by atoms with Crippen molar-refractivity contribution >= 4 is 5.69 Å². The van der Waals surface area contributed by atoms with Crippen molar-refractivity contribution in [2.45, 2.75) is 6.92 Å². The maximum absolute atomic E-state index is 5.70. The third-order valence-electron chi connectivity index (χ3n) is 2.89. The minimum atomic E-state index is 0.734. The molecule has 0 radical (unpaired) electrons. The van der Waals surface area contributed by atoms with E-state index in [0.717, 1.165) is 28.6 Å². The van der Waals surface area contributed by atoms with Gasteiger partial charge in [-0.15, -0.1) is 0 Å². The molecule has 0 bridgehead atoms. The largest absolute Gasteiger partial charge is 0.399 e. The van der Waals surface area contributed by atoms with E-state index < -0.39 is 0 Å². The normalized spacial score (nSPS) is 10.6. The van der Waals surface area contributed by atoms with E-state index in [1.165, 1.54) is 0 Å². The number of nitrogens with zero attached hydrogens (tertiary/aromatic N) is 4. The van der Waals surface area contributed by atoms with Crippen molar-refractivity contribution in [1.82, 2.24) is 19.5 Å². The lowest BCUT2D eigenvalue weighted by molar-refractivity contribution is 0.948. The number of benzene rings is 1. The number of nitrogens with two attached hydrogens (primary N) is 1. The molecule has 2 heterocycles. The van der Waals surface area contributed by atoms with E-state index in [4.69, 9.17) is 5.73 Å². The van der Waals surface area contributed by atoms with E-state index in [1.54, 1.807) is 18.6 Å². The van der Waals surface area contributed by atoms with Crippen LogP contribution in [0.25, 0.3) is 17.2 Å². The fraction of sp³-hybridized carbons (Fsp3) is 0.0714. The van der Waals surface area contributed by atoms with Crippen molar-refractivity contribution < 1.29 is 0 Å². The fourth-order valence-corrected chi connectivity index (χ4v) is 1.96. The summed E-state index contributed by atoms with van der Waals surface area (Å²) in [6.07, 6.45) is 6.98. The highest BCUT2D eigenvalue weighted by atomic mass is 15.1. The highest BCUT2D eigenvalue weighted by Crippen LogP contribution is 2.22. The van der Waals surface area contributed by atoms with E-state index in [0.29, 0.717) is 0 Å². The summed E-state index contributed by atoms with van der Waals surface area (Å²) in [5.74, 6) is 1.61. The van der Waals surface area contributed by atoms with E-state index in [-0.39, 0.29) is 0 Å². The van der Waals surface area contributed by atoms with Gasteiger partial charge in [-0.2, -0.15) is 0 Å². The first-order valence-corrected chi connectivity index (χ1v) is 5.93. The summed E-state index contributed by atoms with van der Waals surface area (Å²) < 4.78 is 1.92. The van der Waals surface area contributed by atoms with Gasteiger partial charge >= 0.3 is 0 Å². The van der Waals surface area contributed by atoms with E-state index in [1.807, 2.05) is 42.0 Å². The van der Waals surface area contributed by atoms with Crippen LogP contribution in [0.3, 0.4) is 0 Å². The highest BCUT2D eigenvalue weighted by molar-refractivity contribution is 5.61. The summed E-state index contributed by atoms with van der Waals surface area (Å²) in [5, 5.41) is 0. The SMILES string of the molecule is Cc1nccnc1-n1ccnc1-c1ccc(N)cc1. The molecule has 5 heteroatoms. The minimum Gasteiger partial charge on any atom is -0.399 e. The number of hydrogen-bond acceptors (Lipinski definition) is 4. The number of aryl methyl sites for hydroxylation is 1. The smallest absolute Gasteiger partial charge is 0.159 e. The van der Waals surface area contributed by atoms with Crippen LogP contribution in [0.15, 0.2) is 49.1 Å². The predicted octanol–water partition coefficient (Wildman–Crippen LogP) is 2.22. The van der Waals surface area contributed by atoms with Gasteiger partial charge in [0.1, 0.15) is 5.82 Å². The minimum absolute atomic E-state index is 0.734. The van der Waals surface area contributed by atoms with Crippen molar-refractivity contribution in [3.05, 3.63) is 54.7 Å². The van der Waals surface area contributed by atoms with Gasteiger partial charge in [0.25, 0.3) is 0 Å². The Hall–Kier alpha value is -2.69. The first-order valence-electron chi connectivity index (χ1n) is 5.93. The van der Waals surface area contributed by atoms with Gasteiger partial charge in [-0.1, -0.05) is 0 Å². The zero-order valence-corrected chi connectivity index (χ0v) is 10.5. The Labute approximate surface area is 110 Å². The van der Waals surface area contributed by atoms with E-state index in [2.05, 4.69) is 15.0 Å². The molecule has 0 aliphatic carbocycles. The second-order valence-electron chi connectivity index (χ2n) is 4.21. The lowest BCUT2D eigenvalue weighted by atomic mass is 10.2. The molecule has 2 aromatic heterocycles. The van der Waals surface area contributed by atoms with Gasteiger partial charge in [-0.3, -0.25) is 9.55 Å².